The smallest absolute Gasteiger partial charge is 0.0968 e. The van der Waals surface area contributed by atoms with Crippen molar-refractivity contribution in [3.05, 3.63) is 58.1 Å². The monoisotopic (exact) mass is 400 g/mol. The van der Waals surface area contributed by atoms with Crippen molar-refractivity contribution in [2.24, 2.45) is 14.1 Å². The molecule has 0 amide bonds. The van der Waals surface area contributed by atoms with Gasteiger partial charge in [0.25, 0.3) is 0 Å². The number of nitrogens with zero attached hydrogens (tertiary/aromatic N) is 6. The summed E-state index contributed by atoms with van der Waals surface area (Å²) in [6, 6.07) is 7.44. The van der Waals surface area contributed by atoms with Crippen LogP contribution in [0.1, 0.15) is 11.4 Å². The van der Waals surface area contributed by atoms with Gasteiger partial charge in [-0.25, -0.2) is 4.68 Å². The van der Waals surface area contributed by atoms with Crippen LogP contribution in [-0.2, 0) is 14.1 Å². The Bertz CT molecular complexity index is 1130. The van der Waals surface area contributed by atoms with Crippen molar-refractivity contribution >= 4 is 23.2 Å². The molecule has 0 saturated carbocycles. The minimum absolute atomic E-state index is 0.556. The second-order valence-corrected chi connectivity index (χ2v) is 7.36. The van der Waals surface area contributed by atoms with Crippen LogP contribution in [-0.4, -0.2) is 29.3 Å². The van der Waals surface area contributed by atoms with E-state index < -0.39 is 0 Å². The van der Waals surface area contributed by atoms with Gasteiger partial charge in [-0.1, -0.05) is 23.2 Å². The zero-order chi connectivity index (χ0) is 19.3. The first-order valence-electron chi connectivity index (χ1n) is 8.39. The highest BCUT2D eigenvalue weighted by Crippen LogP contribution is 2.33. The van der Waals surface area contributed by atoms with Gasteiger partial charge < -0.3 is 0 Å². The van der Waals surface area contributed by atoms with Crippen LogP contribution in [0.2, 0.25) is 10.0 Å². The molecule has 138 valence electrons. The van der Waals surface area contributed by atoms with Crippen LogP contribution in [0.4, 0.5) is 0 Å². The predicted molar refractivity (Wildman–Crippen MR) is 107 cm³/mol. The van der Waals surface area contributed by atoms with Crippen molar-refractivity contribution in [2.75, 3.05) is 0 Å². The molecular weight excluding hydrogens is 383 g/mol. The summed E-state index contributed by atoms with van der Waals surface area (Å²) in [7, 11) is 3.83. The number of aromatic nitrogens is 6. The Morgan fingerprint density at radius 3 is 1.85 bits per heavy atom. The van der Waals surface area contributed by atoms with E-state index in [9.17, 15) is 0 Å². The van der Waals surface area contributed by atoms with Gasteiger partial charge in [0.2, 0.25) is 0 Å². The molecule has 27 heavy (non-hydrogen) atoms. The molecule has 0 radical (unpaired) electrons. The molecule has 0 spiro atoms. The molecule has 6 nitrogen and oxygen atoms in total. The number of rotatable bonds is 3. The SMILES string of the molecule is Cc1c(-c2cc(-c3cnn(C)c3C)n(-c3cc(Cl)cc(Cl)c3)n2)cnn1C. The third-order valence-corrected chi connectivity index (χ3v) is 5.26. The van der Waals surface area contributed by atoms with E-state index in [1.165, 1.54) is 0 Å². The highest BCUT2D eigenvalue weighted by molar-refractivity contribution is 6.34. The molecule has 4 rings (SSSR count). The summed E-state index contributed by atoms with van der Waals surface area (Å²) in [5.41, 5.74) is 6.59. The first kappa shape index (κ1) is 17.8. The normalized spacial score (nSPS) is 11.3. The largest absolute Gasteiger partial charge is 0.272 e. The molecule has 0 aliphatic rings. The summed E-state index contributed by atoms with van der Waals surface area (Å²) in [5, 5.41) is 14.7. The lowest BCUT2D eigenvalue weighted by Gasteiger charge is -2.08. The first-order chi connectivity index (χ1) is 12.8. The zero-order valence-electron chi connectivity index (χ0n) is 15.4. The van der Waals surface area contributed by atoms with Crippen LogP contribution < -0.4 is 0 Å². The van der Waals surface area contributed by atoms with Crippen molar-refractivity contribution in [1.29, 1.82) is 0 Å². The summed E-state index contributed by atoms with van der Waals surface area (Å²) < 4.78 is 5.52. The van der Waals surface area contributed by atoms with Crippen LogP contribution >= 0.6 is 23.2 Å². The molecule has 0 fully saturated rings. The highest BCUT2D eigenvalue weighted by atomic mass is 35.5. The Labute approximate surface area is 166 Å². The van der Waals surface area contributed by atoms with Gasteiger partial charge >= 0.3 is 0 Å². The molecule has 8 heteroatoms. The summed E-state index contributed by atoms with van der Waals surface area (Å²) >= 11 is 12.5. The molecule has 0 N–H and O–H groups in total. The lowest BCUT2D eigenvalue weighted by Crippen LogP contribution is -2.00. The van der Waals surface area contributed by atoms with Gasteiger partial charge in [-0.15, -0.1) is 0 Å². The number of benzene rings is 1. The molecule has 0 aliphatic carbocycles. The fraction of sp³-hybridized carbons (Fsp3) is 0.211. The summed E-state index contributed by atoms with van der Waals surface area (Å²) in [5.74, 6) is 0. The second kappa shape index (κ2) is 6.55. The van der Waals surface area contributed by atoms with E-state index in [-0.39, 0.29) is 0 Å². The Kier molecular flexibility index (Phi) is 4.32. The van der Waals surface area contributed by atoms with E-state index in [0.717, 1.165) is 39.6 Å². The molecule has 0 atom stereocenters. The Balaban J connectivity index is 1.98. The first-order valence-corrected chi connectivity index (χ1v) is 9.15. The van der Waals surface area contributed by atoms with E-state index in [4.69, 9.17) is 28.3 Å². The molecule has 0 saturated heterocycles. The van der Waals surface area contributed by atoms with Gasteiger partial charge in [0.15, 0.2) is 0 Å². The average Bonchev–Trinajstić information content (AvgIpc) is 3.27. The predicted octanol–water partition coefficient (Wildman–Crippen LogP) is 4.60. The van der Waals surface area contributed by atoms with E-state index in [1.54, 1.807) is 6.07 Å². The van der Waals surface area contributed by atoms with E-state index in [1.807, 2.05) is 72.6 Å². The number of aryl methyl sites for hydroxylation is 2. The van der Waals surface area contributed by atoms with Gasteiger partial charge in [0, 0.05) is 46.7 Å². The van der Waals surface area contributed by atoms with E-state index >= 15 is 0 Å². The van der Waals surface area contributed by atoms with Gasteiger partial charge in [-0.3, -0.25) is 9.36 Å². The minimum atomic E-state index is 0.556. The number of halogens is 2. The maximum absolute atomic E-state index is 6.23. The molecule has 4 aromatic rings. The summed E-state index contributed by atoms with van der Waals surface area (Å²) in [6.45, 7) is 4.05. The quantitative estimate of drug-likeness (QED) is 0.504. The fourth-order valence-corrected chi connectivity index (χ4v) is 3.58. The average molecular weight is 401 g/mol. The van der Waals surface area contributed by atoms with Crippen molar-refractivity contribution in [1.82, 2.24) is 29.3 Å². The number of hydrogen-bond acceptors (Lipinski definition) is 3. The second-order valence-electron chi connectivity index (χ2n) is 6.49. The third-order valence-electron chi connectivity index (χ3n) is 4.82. The maximum Gasteiger partial charge on any atom is 0.0968 e. The van der Waals surface area contributed by atoms with E-state index in [2.05, 4.69) is 10.2 Å². The van der Waals surface area contributed by atoms with Crippen molar-refractivity contribution in [2.45, 2.75) is 13.8 Å². The zero-order valence-corrected chi connectivity index (χ0v) is 16.9. The Morgan fingerprint density at radius 1 is 0.778 bits per heavy atom. The molecular formula is C19H18Cl2N6. The molecule has 0 aliphatic heterocycles. The molecule has 1 aromatic carbocycles. The van der Waals surface area contributed by atoms with Gasteiger partial charge in [-0.05, 0) is 38.1 Å². The van der Waals surface area contributed by atoms with Crippen LogP contribution in [0, 0.1) is 13.8 Å². The maximum atomic E-state index is 6.23. The molecule has 0 bridgehead atoms. The minimum Gasteiger partial charge on any atom is -0.272 e. The van der Waals surface area contributed by atoms with Crippen LogP contribution in [0.25, 0.3) is 28.2 Å². The van der Waals surface area contributed by atoms with Crippen molar-refractivity contribution in [3.63, 3.8) is 0 Å². The van der Waals surface area contributed by atoms with Crippen LogP contribution in [0.15, 0.2) is 36.7 Å². The topological polar surface area (TPSA) is 53.5 Å². The molecule has 3 aromatic heterocycles. The van der Waals surface area contributed by atoms with Crippen LogP contribution in [0.3, 0.4) is 0 Å². The van der Waals surface area contributed by atoms with Crippen molar-refractivity contribution in [3.8, 4) is 28.2 Å². The van der Waals surface area contributed by atoms with Gasteiger partial charge in [0.05, 0.1) is 29.5 Å². The van der Waals surface area contributed by atoms with Crippen molar-refractivity contribution < 1.29 is 0 Å². The molecule has 0 unspecified atom stereocenters. The standard InChI is InChI=1S/C19H18Cl2N6/c1-11-16(9-22-25(11)3)18-8-19(17-10-23-26(4)12(17)2)27(24-18)15-6-13(20)5-14(21)7-15/h5-10H,1-4H3. The fourth-order valence-electron chi connectivity index (χ4n) is 3.06. The third kappa shape index (κ3) is 3.05. The lowest BCUT2D eigenvalue weighted by molar-refractivity contribution is 0.740. The van der Waals surface area contributed by atoms with Gasteiger partial charge in [-0.2, -0.15) is 15.3 Å². The lowest BCUT2D eigenvalue weighted by atomic mass is 10.1. The Hall–Kier alpha value is -2.57. The molecule has 3 heterocycles. The summed E-state index contributed by atoms with van der Waals surface area (Å²) in [4.78, 5) is 0. The summed E-state index contributed by atoms with van der Waals surface area (Å²) in [6.07, 6.45) is 3.67. The highest BCUT2D eigenvalue weighted by Gasteiger charge is 2.19. The van der Waals surface area contributed by atoms with E-state index in [0.29, 0.717) is 10.0 Å². The number of hydrogen-bond donors (Lipinski definition) is 0. The van der Waals surface area contributed by atoms with Crippen LogP contribution in [0.5, 0.6) is 0 Å². The Morgan fingerprint density at radius 2 is 1.33 bits per heavy atom. The van der Waals surface area contributed by atoms with Gasteiger partial charge in [0.1, 0.15) is 0 Å².